The number of guanidine groups is 1. The van der Waals surface area contributed by atoms with Gasteiger partial charge in [-0.1, -0.05) is 13.8 Å². The van der Waals surface area contributed by atoms with E-state index < -0.39 is 0 Å². The first-order chi connectivity index (χ1) is 12.0. The van der Waals surface area contributed by atoms with Gasteiger partial charge in [0.05, 0.1) is 12.5 Å². The Morgan fingerprint density at radius 2 is 1.96 bits per heavy atom. The van der Waals surface area contributed by atoms with E-state index in [1.165, 1.54) is 25.9 Å². The lowest BCUT2D eigenvalue weighted by molar-refractivity contribution is -0.149. The number of esters is 1. The van der Waals surface area contributed by atoms with E-state index in [4.69, 9.17) is 4.74 Å². The van der Waals surface area contributed by atoms with Gasteiger partial charge in [0.1, 0.15) is 0 Å². The number of nitrogens with one attached hydrogen (secondary N) is 1. The van der Waals surface area contributed by atoms with E-state index in [1.54, 1.807) is 0 Å². The Labute approximate surface area is 153 Å². The summed E-state index contributed by atoms with van der Waals surface area (Å²) in [5.74, 6) is 1.69. The molecule has 0 amide bonds. The zero-order valence-electron chi connectivity index (χ0n) is 16.5. The maximum absolute atomic E-state index is 11.9. The quantitative estimate of drug-likeness (QED) is 0.450. The van der Waals surface area contributed by atoms with Crippen LogP contribution in [-0.4, -0.2) is 74.1 Å². The van der Waals surface area contributed by atoms with Crippen LogP contribution in [0.4, 0.5) is 0 Å². The Kier molecular flexibility index (Phi) is 8.00. The lowest BCUT2D eigenvalue weighted by Gasteiger charge is -2.34. The highest BCUT2D eigenvalue weighted by atomic mass is 16.5. The molecule has 0 aliphatic carbocycles. The van der Waals surface area contributed by atoms with Crippen LogP contribution < -0.4 is 5.32 Å². The first kappa shape index (κ1) is 20.0. The fraction of sp³-hybridized carbons (Fsp3) is 0.895. The molecule has 25 heavy (non-hydrogen) atoms. The number of nitrogens with zero attached hydrogens (tertiary/aromatic N) is 3. The fourth-order valence-corrected chi connectivity index (χ4v) is 3.96. The van der Waals surface area contributed by atoms with Crippen molar-refractivity contribution < 1.29 is 9.53 Å². The standard InChI is InChI=1S/C19H36N4O2/c1-5-25-18(24)16-8-11-22(12-9-16)19(20-4)21-13-17-7-6-10-23(17)14-15(2)3/h15-17H,5-14H2,1-4H3,(H,20,21)/t17-/m1/s1. The van der Waals surface area contributed by atoms with E-state index in [-0.39, 0.29) is 11.9 Å². The van der Waals surface area contributed by atoms with Gasteiger partial charge in [-0.25, -0.2) is 0 Å². The van der Waals surface area contributed by atoms with Crippen molar-refractivity contribution in [2.24, 2.45) is 16.8 Å². The smallest absolute Gasteiger partial charge is 0.309 e. The molecule has 0 aromatic heterocycles. The molecular formula is C19H36N4O2. The molecular weight excluding hydrogens is 316 g/mol. The number of ether oxygens (including phenoxy) is 1. The normalized spacial score (nSPS) is 23.3. The molecule has 2 aliphatic heterocycles. The van der Waals surface area contributed by atoms with Crippen molar-refractivity contribution in [3.05, 3.63) is 0 Å². The van der Waals surface area contributed by atoms with Gasteiger partial charge in [0, 0.05) is 39.3 Å². The minimum atomic E-state index is -0.0413. The molecule has 2 fully saturated rings. The summed E-state index contributed by atoms with van der Waals surface area (Å²) in [5.41, 5.74) is 0. The van der Waals surface area contributed by atoms with Gasteiger partial charge in [-0.05, 0) is 45.1 Å². The van der Waals surface area contributed by atoms with E-state index in [0.29, 0.717) is 18.6 Å². The number of carbonyl (C=O) groups is 1. The highest BCUT2D eigenvalue weighted by Crippen LogP contribution is 2.20. The predicted molar refractivity (Wildman–Crippen MR) is 102 cm³/mol. The zero-order chi connectivity index (χ0) is 18.2. The van der Waals surface area contributed by atoms with Crippen molar-refractivity contribution in [2.75, 3.05) is 46.4 Å². The second-order valence-corrected chi connectivity index (χ2v) is 7.63. The van der Waals surface area contributed by atoms with Crippen molar-refractivity contribution in [1.82, 2.24) is 15.1 Å². The number of hydrogen-bond donors (Lipinski definition) is 1. The number of hydrogen-bond acceptors (Lipinski definition) is 4. The van der Waals surface area contributed by atoms with Crippen LogP contribution in [0.3, 0.4) is 0 Å². The van der Waals surface area contributed by atoms with Crippen molar-refractivity contribution in [2.45, 2.75) is 52.5 Å². The van der Waals surface area contributed by atoms with Crippen LogP contribution in [0, 0.1) is 11.8 Å². The summed E-state index contributed by atoms with van der Waals surface area (Å²) in [6, 6.07) is 0.608. The van der Waals surface area contributed by atoms with Crippen LogP contribution in [0.15, 0.2) is 4.99 Å². The molecule has 2 aliphatic rings. The summed E-state index contributed by atoms with van der Waals surface area (Å²) < 4.78 is 5.15. The largest absolute Gasteiger partial charge is 0.466 e. The molecule has 0 unspecified atom stereocenters. The Hall–Kier alpha value is -1.30. The molecule has 144 valence electrons. The second kappa shape index (κ2) is 10.00. The molecule has 0 saturated carbocycles. The second-order valence-electron chi connectivity index (χ2n) is 7.63. The minimum absolute atomic E-state index is 0.0413. The Morgan fingerprint density at radius 3 is 2.56 bits per heavy atom. The molecule has 1 N–H and O–H groups in total. The SMILES string of the molecule is CCOC(=O)C1CCN(C(=NC)NC[C@H]2CCCN2CC(C)C)CC1. The number of aliphatic imine (C=N–C) groups is 1. The Bertz CT molecular complexity index is 445. The van der Waals surface area contributed by atoms with Crippen molar-refractivity contribution in [1.29, 1.82) is 0 Å². The van der Waals surface area contributed by atoms with Crippen LogP contribution in [0.2, 0.25) is 0 Å². The van der Waals surface area contributed by atoms with E-state index >= 15 is 0 Å². The van der Waals surface area contributed by atoms with Gasteiger partial charge < -0.3 is 15.0 Å². The molecule has 1 atom stereocenters. The van der Waals surface area contributed by atoms with E-state index in [1.807, 2.05) is 14.0 Å². The van der Waals surface area contributed by atoms with Gasteiger partial charge in [-0.15, -0.1) is 0 Å². The summed E-state index contributed by atoms with van der Waals surface area (Å²) in [7, 11) is 1.85. The maximum atomic E-state index is 11.9. The number of rotatable bonds is 6. The molecule has 0 bridgehead atoms. The van der Waals surface area contributed by atoms with Gasteiger partial charge in [0.2, 0.25) is 0 Å². The molecule has 0 spiro atoms. The van der Waals surface area contributed by atoms with Gasteiger partial charge >= 0.3 is 5.97 Å². The van der Waals surface area contributed by atoms with Crippen LogP contribution >= 0.6 is 0 Å². The average molecular weight is 353 g/mol. The van der Waals surface area contributed by atoms with Gasteiger partial charge in [0.15, 0.2) is 5.96 Å². The van der Waals surface area contributed by atoms with E-state index in [2.05, 4.69) is 34.0 Å². The summed E-state index contributed by atoms with van der Waals surface area (Å²) in [4.78, 5) is 21.2. The third kappa shape index (κ3) is 5.87. The summed E-state index contributed by atoms with van der Waals surface area (Å²) in [5, 5.41) is 3.57. The average Bonchev–Trinajstić information content (AvgIpc) is 3.02. The molecule has 6 nitrogen and oxygen atoms in total. The van der Waals surface area contributed by atoms with Crippen LogP contribution in [0.5, 0.6) is 0 Å². The van der Waals surface area contributed by atoms with E-state index in [9.17, 15) is 4.79 Å². The molecule has 0 aromatic carbocycles. The number of carbonyl (C=O) groups excluding carboxylic acids is 1. The summed E-state index contributed by atoms with van der Waals surface area (Å²) in [6.45, 7) is 12.0. The van der Waals surface area contributed by atoms with Gasteiger partial charge in [-0.2, -0.15) is 0 Å². The summed E-state index contributed by atoms with van der Waals surface area (Å²) >= 11 is 0. The highest BCUT2D eigenvalue weighted by Gasteiger charge is 2.29. The third-order valence-electron chi connectivity index (χ3n) is 5.22. The third-order valence-corrected chi connectivity index (χ3v) is 5.22. The first-order valence-corrected chi connectivity index (χ1v) is 9.91. The monoisotopic (exact) mass is 352 g/mol. The topological polar surface area (TPSA) is 57.2 Å². The van der Waals surface area contributed by atoms with Crippen LogP contribution in [0.25, 0.3) is 0 Å². The summed E-state index contributed by atoms with van der Waals surface area (Å²) in [6.07, 6.45) is 4.26. The molecule has 2 heterocycles. The zero-order valence-corrected chi connectivity index (χ0v) is 16.5. The van der Waals surface area contributed by atoms with Gasteiger partial charge in [0.25, 0.3) is 0 Å². The molecule has 2 rings (SSSR count). The molecule has 6 heteroatoms. The highest BCUT2D eigenvalue weighted by molar-refractivity contribution is 5.80. The maximum Gasteiger partial charge on any atom is 0.309 e. The molecule has 0 aromatic rings. The lowest BCUT2D eigenvalue weighted by atomic mass is 9.97. The van der Waals surface area contributed by atoms with Crippen LogP contribution in [0.1, 0.15) is 46.5 Å². The number of likely N-dealkylation sites (tertiary alicyclic amines) is 2. The molecule has 2 saturated heterocycles. The fourth-order valence-electron chi connectivity index (χ4n) is 3.96. The van der Waals surface area contributed by atoms with Crippen molar-refractivity contribution in [3.8, 4) is 0 Å². The van der Waals surface area contributed by atoms with E-state index in [0.717, 1.165) is 38.4 Å². The van der Waals surface area contributed by atoms with Gasteiger partial charge in [-0.3, -0.25) is 14.7 Å². The minimum Gasteiger partial charge on any atom is -0.466 e. The predicted octanol–water partition coefficient (Wildman–Crippen LogP) is 1.96. The number of piperidine rings is 1. The first-order valence-electron chi connectivity index (χ1n) is 9.91. The van der Waals surface area contributed by atoms with Crippen molar-refractivity contribution >= 4 is 11.9 Å². The van der Waals surface area contributed by atoms with Crippen molar-refractivity contribution in [3.63, 3.8) is 0 Å². The Morgan fingerprint density at radius 1 is 1.24 bits per heavy atom. The lowest BCUT2D eigenvalue weighted by Crippen LogP contribution is -2.50. The Balaban J connectivity index is 1.78. The van der Waals surface area contributed by atoms with Crippen LogP contribution in [-0.2, 0) is 9.53 Å². The molecule has 0 radical (unpaired) electrons.